The number of hydrogen-bond acceptors (Lipinski definition) is 7. The molecule has 172 valence electrons. The highest BCUT2D eigenvalue weighted by molar-refractivity contribution is 6.30. The van der Waals surface area contributed by atoms with Crippen LogP contribution in [0.15, 0.2) is 36.7 Å². The van der Waals surface area contributed by atoms with Crippen molar-refractivity contribution >= 4 is 34.0 Å². The van der Waals surface area contributed by atoms with E-state index in [1.807, 2.05) is 7.05 Å². The zero-order valence-electron chi connectivity index (χ0n) is 18.6. The molecule has 0 bridgehead atoms. The highest BCUT2D eigenvalue weighted by atomic mass is 35.5. The molecule has 1 unspecified atom stereocenters. The molecule has 0 aliphatic carbocycles. The molecule has 1 heterocycles. The molecule has 2 aromatic carbocycles. The molecule has 0 saturated heterocycles. The summed E-state index contributed by atoms with van der Waals surface area (Å²) < 4.78 is 25.5. The summed E-state index contributed by atoms with van der Waals surface area (Å²) in [7, 11) is 3.49. The van der Waals surface area contributed by atoms with E-state index in [1.54, 1.807) is 18.2 Å². The Morgan fingerprint density at radius 2 is 1.94 bits per heavy atom. The van der Waals surface area contributed by atoms with Crippen LogP contribution in [0.25, 0.3) is 10.9 Å². The number of aliphatic hydroxyl groups excluding tert-OH is 1. The van der Waals surface area contributed by atoms with Crippen LogP contribution < -0.4 is 14.8 Å². The number of halogens is 2. The molecule has 3 rings (SSSR count). The van der Waals surface area contributed by atoms with Crippen molar-refractivity contribution in [3.63, 3.8) is 0 Å². The Balaban J connectivity index is 1.79. The third-order valence-corrected chi connectivity index (χ3v) is 4.97. The summed E-state index contributed by atoms with van der Waals surface area (Å²) in [4.78, 5) is 10.6. The third-order valence-electron chi connectivity index (χ3n) is 4.74. The molecule has 0 saturated carbocycles. The molecule has 0 aliphatic heterocycles. The van der Waals surface area contributed by atoms with Crippen LogP contribution in [-0.2, 0) is 0 Å². The van der Waals surface area contributed by atoms with Crippen molar-refractivity contribution in [2.45, 2.75) is 20.0 Å². The van der Waals surface area contributed by atoms with Crippen LogP contribution in [-0.4, -0.2) is 59.9 Å². The monoisotopic (exact) mass is 462 g/mol. The van der Waals surface area contributed by atoms with E-state index in [-0.39, 0.29) is 12.3 Å². The van der Waals surface area contributed by atoms with E-state index in [9.17, 15) is 9.50 Å². The van der Waals surface area contributed by atoms with Crippen LogP contribution in [0.3, 0.4) is 0 Å². The lowest BCUT2D eigenvalue weighted by molar-refractivity contribution is 0.0722. The molecule has 32 heavy (non-hydrogen) atoms. The highest BCUT2D eigenvalue weighted by Crippen LogP contribution is 2.35. The fourth-order valence-corrected chi connectivity index (χ4v) is 3.61. The van der Waals surface area contributed by atoms with Gasteiger partial charge in [-0.05, 0) is 37.2 Å². The first-order chi connectivity index (χ1) is 15.3. The van der Waals surface area contributed by atoms with Gasteiger partial charge in [0.15, 0.2) is 11.5 Å². The lowest BCUT2D eigenvalue weighted by atomic mass is 10.2. The molecule has 3 aromatic rings. The molecule has 0 aliphatic rings. The number of aromatic nitrogens is 2. The van der Waals surface area contributed by atoms with E-state index in [0.29, 0.717) is 45.7 Å². The highest BCUT2D eigenvalue weighted by Gasteiger charge is 2.15. The predicted molar refractivity (Wildman–Crippen MR) is 125 cm³/mol. The van der Waals surface area contributed by atoms with Crippen LogP contribution in [0.4, 0.5) is 15.9 Å². The first kappa shape index (κ1) is 24.0. The first-order valence-corrected chi connectivity index (χ1v) is 10.7. The third kappa shape index (κ3) is 6.18. The quantitative estimate of drug-likeness (QED) is 0.459. The van der Waals surface area contributed by atoms with Crippen molar-refractivity contribution in [3.05, 3.63) is 47.5 Å². The zero-order chi connectivity index (χ0) is 23.3. The van der Waals surface area contributed by atoms with Gasteiger partial charge in [0.05, 0.1) is 18.3 Å². The van der Waals surface area contributed by atoms with Gasteiger partial charge in [0, 0.05) is 29.6 Å². The van der Waals surface area contributed by atoms with Gasteiger partial charge in [-0.2, -0.15) is 0 Å². The Labute approximate surface area is 192 Å². The Hall–Kier alpha value is -2.68. The van der Waals surface area contributed by atoms with Crippen LogP contribution >= 0.6 is 11.6 Å². The molecule has 2 N–H and O–H groups in total. The van der Waals surface area contributed by atoms with Gasteiger partial charge >= 0.3 is 0 Å². The fourth-order valence-electron chi connectivity index (χ4n) is 3.45. The maximum atomic E-state index is 14.2. The maximum absolute atomic E-state index is 14.2. The minimum atomic E-state index is -0.658. The number of hydrogen-bond donors (Lipinski definition) is 2. The number of fused-ring (bicyclic) bond motifs is 1. The van der Waals surface area contributed by atoms with E-state index in [2.05, 4.69) is 34.0 Å². The minimum absolute atomic E-state index is 0.108. The van der Waals surface area contributed by atoms with Gasteiger partial charge in [-0.15, -0.1) is 0 Å². The number of benzene rings is 2. The molecule has 1 aromatic heterocycles. The van der Waals surface area contributed by atoms with Gasteiger partial charge in [0.1, 0.15) is 30.7 Å². The number of nitrogens with zero attached hydrogens (tertiary/aromatic N) is 3. The molecule has 7 nitrogen and oxygen atoms in total. The van der Waals surface area contributed by atoms with Gasteiger partial charge in [-0.25, -0.2) is 14.4 Å². The maximum Gasteiger partial charge on any atom is 0.163 e. The Morgan fingerprint density at radius 3 is 2.62 bits per heavy atom. The Bertz CT molecular complexity index is 1070. The summed E-state index contributed by atoms with van der Waals surface area (Å²) in [5, 5.41) is 14.2. The average Bonchev–Trinajstić information content (AvgIpc) is 2.73. The van der Waals surface area contributed by atoms with E-state index in [4.69, 9.17) is 21.1 Å². The van der Waals surface area contributed by atoms with Gasteiger partial charge in [0.25, 0.3) is 0 Å². The summed E-state index contributed by atoms with van der Waals surface area (Å²) >= 11 is 5.83. The topological polar surface area (TPSA) is 79.7 Å². The molecule has 9 heteroatoms. The van der Waals surface area contributed by atoms with Crippen molar-refractivity contribution < 1.29 is 19.0 Å². The number of likely N-dealkylation sites (N-methyl/N-ethyl adjacent to an activating group) is 1. The number of methoxy groups -OCH3 is 1. The van der Waals surface area contributed by atoms with Gasteiger partial charge in [-0.1, -0.05) is 25.4 Å². The van der Waals surface area contributed by atoms with Gasteiger partial charge < -0.3 is 24.8 Å². The molecule has 1 atom stereocenters. The normalized spacial score (nSPS) is 12.4. The van der Waals surface area contributed by atoms with Crippen LogP contribution in [0.2, 0.25) is 5.02 Å². The minimum Gasteiger partial charge on any atom is -0.493 e. The molecule has 0 radical (unpaired) electrons. The average molecular weight is 463 g/mol. The molecule has 0 spiro atoms. The SMILES string of the molecule is COc1cc2c(Nc3ccc(Cl)cc3F)ncnc2cc1OCC(O)CN(C)CC(C)C. The number of aliphatic hydroxyl groups is 1. The summed E-state index contributed by atoms with van der Waals surface area (Å²) in [6, 6.07) is 7.79. The zero-order valence-corrected chi connectivity index (χ0v) is 19.4. The number of rotatable bonds is 10. The van der Waals surface area contributed by atoms with Gasteiger partial charge in [-0.3, -0.25) is 0 Å². The van der Waals surface area contributed by atoms with Crippen molar-refractivity contribution in [2.24, 2.45) is 5.92 Å². The van der Waals surface area contributed by atoms with Crippen LogP contribution in [0.5, 0.6) is 11.5 Å². The van der Waals surface area contributed by atoms with E-state index in [1.165, 1.54) is 25.6 Å². The largest absolute Gasteiger partial charge is 0.493 e. The van der Waals surface area contributed by atoms with Crippen molar-refractivity contribution in [1.29, 1.82) is 0 Å². The lowest BCUT2D eigenvalue weighted by Crippen LogP contribution is -2.35. The van der Waals surface area contributed by atoms with E-state index >= 15 is 0 Å². The Kier molecular flexibility index (Phi) is 8.06. The summed E-state index contributed by atoms with van der Waals surface area (Å²) in [5.41, 5.74) is 0.821. The second-order valence-corrected chi connectivity index (χ2v) is 8.51. The number of anilines is 2. The van der Waals surface area contributed by atoms with Crippen molar-refractivity contribution in [1.82, 2.24) is 14.9 Å². The van der Waals surface area contributed by atoms with E-state index < -0.39 is 11.9 Å². The Morgan fingerprint density at radius 1 is 1.16 bits per heavy atom. The smallest absolute Gasteiger partial charge is 0.163 e. The van der Waals surface area contributed by atoms with Crippen LogP contribution in [0, 0.1) is 11.7 Å². The standard InChI is InChI=1S/C23H28ClFN4O3/c1-14(2)10-29(3)11-16(30)12-32-22-9-20-17(8-21(22)31-4)23(27-13-26-20)28-19-6-5-15(24)7-18(19)25/h5-9,13-14,16,30H,10-12H2,1-4H3,(H,26,27,28). The van der Waals surface area contributed by atoms with Crippen molar-refractivity contribution in [2.75, 3.05) is 39.2 Å². The summed E-state index contributed by atoms with van der Waals surface area (Å²) in [6.07, 6.45) is 0.722. The molecule has 0 fully saturated rings. The predicted octanol–water partition coefficient (Wildman–Crippen LogP) is 4.50. The summed E-state index contributed by atoms with van der Waals surface area (Å²) in [6.45, 7) is 5.75. The van der Waals surface area contributed by atoms with E-state index in [0.717, 1.165) is 6.54 Å². The number of ether oxygens (including phenoxy) is 2. The fraction of sp³-hybridized carbons (Fsp3) is 0.391. The molecular formula is C23H28ClFN4O3. The van der Waals surface area contributed by atoms with Crippen molar-refractivity contribution in [3.8, 4) is 11.5 Å². The second-order valence-electron chi connectivity index (χ2n) is 8.07. The lowest BCUT2D eigenvalue weighted by Gasteiger charge is -2.22. The first-order valence-electron chi connectivity index (χ1n) is 10.3. The summed E-state index contributed by atoms with van der Waals surface area (Å²) in [5.74, 6) is 1.34. The molecular weight excluding hydrogens is 435 g/mol. The van der Waals surface area contributed by atoms with Crippen LogP contribution in [0.1, 0.15) is 13.8 Å². The number of nitrogens with one attached hydrogen (secondary N) is 1. The van der Waals surface area contributed by atoms with Gasteiger partial charge in [0.2, 0.25) is 0 Å². The molecule has 0 amide bonds. The second kappa shape index (κ2) is 10.8.